The van der Waals surface area contributed by atoms with Crippen molar-refractivity contribution in [1.82, 2.24) is 4.72 Å². The van der Waals surface area contributed by atoms with Gasteiger partial charge >= 0.3 is 5.97 Å². The molecule has 0 aliphatic carbocycles. The van der Waals surface area contributed by atoms with Crippen LogP contribution in [0, 0.1) is 13.8 Å². The van der Waals surface area contributed by atoms with Gasteiger partial charge in [0.25, 0.3) is 0 Å². The largest absolute Gasteiger partial charge is 0.462 e. The summed E-state index contributed by atoms with van der Waals surface area (Å²) in [5.74, 6) is -0.672. The van der Waals surface area contributed by atoms with E-state index in [9.17, 15) is 18.0 Å². The third-order valence-corrected chi connectivity index (χ3v) is 5.68. The molecule has 2 aromatic rings. The van der Waals surface area contributed by atoms with E-state index in [1.165, 1.54) is 24.3 Å². The second-order valence-electron chi connectivity index (χ2n) is 6.61. The fourth-order valence-electron chi connectivity index (χ4n) is 2.69. The number of aryl methyl sites for hydroxylation is 2. The molecule has 2 rings (SSSR count). The van der Waals surface area contributed by atoms with E-state index in [0.717, 1.165) is 16.8 Å². The van der Waals surface area contributed by atoms with Crippen LogP contribution in [0.3, 0.4) is 0 Å². The van der Waals surface area contributed by atoms with Crippen LogP contribution < -0.4 is 10.0 Å². The van der Waals surface area contributed by atoms with E-state index in [4.69, 9.17) is 4.74 Å². The molecule has 0 fully saturated rings. The highest BCUT2D eigenvalue weighted by atomic mass is 32.2. The topological polar surface area (TPSA) is 102 Å². The first-order valence-corrected chi connectivity index (χ1v) is 10.8. The number of rotatable bonds is 9. The number of hydrogen-bond donors (Lipinski definition) is 2. The molecule has 2 aromatic carbocycles. The maximum atomic E-state index is 12.3. The molecular formula is C21H26N2O5S. The Labute approximate surface area is 171 Å². The van der Waals surface area contributed by atoms with E-state index in [1.807, 2.05) is 32.0 Å². The molecule has 1 amide bonds. The molecule has 0 saturated carbocycles. The van der Waals surface area contributed by atoms with E-state index < -0.39 is 16.0 Å². The predicted octanol–water partition coefficient (Wildman–Crippen LogP) is 3.18. The quantitative estimate of drug-likeness (QED) is 0.481. The van der Waals surface area contributed by atoms with Crippen LogP contribution >= 0.6 is 0 Å². The Morgan fingerprint density at radius 2 is 1.72 bits per heavy atom. The zero-order chi connectivity index (χ0) is 21.4. The Morgan fingerprint density at radius 1 is 1.03 bits per heavy atom. The third-order valence-electron chi connectivity index (χ3n) is 4.20. The highest BCUT2D eigenvalue weighted by Gasteiger charge is 2.15. The molecule has 0 aromatic heterocycles. The minimum Gasteiger partial charge on any atom is -0.462 e. The van der Waals surface area contributed by atoms with E-state index in [1.54, 1.807) is 6.92 Å². The van der Waals surface area contributed by atoms with E-state index in [-0.39, 0.29) is 35.9 Å². The van der Waals surface area contributed by atoms with Crippen molar-refractivity contribution >= 4 is 27.6 Å². The molecule has 0 saturated heterocycles. The summed E-state index contributed by atoms with van der Waals surface area (Å²) in [6.45, 7) is 5.97. The number of benzene rings is 2. The molecule has 156 valence electrons. The summed E-state index contributed by atoms with van der Waals surface area (Å²) in [5, 5.41) is 2.83. The Balaban J connectivity index is 1.82. The molecule has 0 aliphatic rings. The Hall–Kier alpha value is -2.71. The van der Waals surface area contributed by atoms with Crippen molar-refractivity contribution in [2.75, 3.05) is 18.5 Å². The maximum Gasteiger partial charge on any atom is 0.338 e. The summed E-state index contributed by atoms with van der Waals surface area (Å²) in [6, 6.07) is 11.3. The van der Waals surface area contributed by atoms with Gasteiger partial charge in [-0.3, -0.25) is 4.79 Å². The lowest BCUT2D eigenvalue weighted by molar-refractivity contribution is -0.116. The van der Waals surface area contributed by atoms with E-state index in [0.29, 0.717) is 6.42 Å². The second kappa shape index (κ2) is 10.2. The molecule has 0 unspecified atom stereocenters. The van der Waals surface area contributed by atoms with Gasteiger partial charge < -0.3 is 10.1 Å². The number of nitrogens with one attached hydrogen (secondary N) is 2. The molecule has 29 heavy (non-hydrogen) atoms. The van der Waals surface area contributed by atoms with Crippen LogP contribution in [0.1, 0.15) is 41.3 Å². The van der Waals surface area contributed by atoms with Crippen LogP contribution in [0.2, 0.25) is 0 Å². The van der Waals surface area contributed by atoms with Crippen LogP contribution in [0.15, 0.2) is 47.4 Å². The lowest BCUT2D eigenvalue weighted by Gasteiger charge is -2.10. The van der Waals surface area contributed by atoms with Gasteiger partial charge in [0.15, 0.2) is 0 Å². The van der Waals surface area contributed by atoms with Gasteiger partial charge in [-0.05, 0) is 63.1 Å². The van der Waals surface area contributed by atoms with Crippen molar-refractivity contribution in [1.29, 1.82) is 0 Å². The monoisotopic (exact) mass is 418 g/mol. The highest BCUT2D eigenvalue weighted by molar-refractivity contribution is 7.89. The first-order valence-electron chi connectivity index (χ1n) is 9.37. The Morgan fingerprint density at radius 3 is 2.34 bits per heavy atom. The Kier molecular flexibility index (Phi) is 7.92. The predicted molar refractivity (Wildman–Crippen MR) is 111 cm³/mol. The molecule has 2 N–H and O–H groups in total. The average Bonchev–Trinajstić information content (AvgIpc) is 2.68. The normalized spacial score (nSPS) is 11.1. The standard InChI is InChI=1S/C21H26N2O5S/c1-4-28-21(25)17-8-10-18(11-9-17)29(26,27)22-13-5-6-20(24)23-19-12-7-15(2)14-16(19)3/h7-12,14,22H,4-6,13H2,1-3H3,(H,23,24). The number of hydrogen-bond acceptors (Lipinski definition) is 5. The van der Waals surface area contributed by atoms with Crippen molar-refractivity contribution in [2.24, 2.45) is 0 Å². The van der Waals surface area contributed by atoms with Gasteiger partial charge in [-0.1, -0.05) is 17.7 Å². The molecular weight excluding hydrogens is 392 g/mol. The summed E-state index contributed by atoms with van der Waals surface area (Å²) in [6.07, 6.45) is 0.550. The van der Waals surface area contributed by atoms with Crippen LogP contribution in [0.4, 0.5) is 5.69 Å². The molecule has 7 nitrogen and oxygen atoms in total. The number of carbonyl (C=O) groups is 2. The fourth-order valence-corrected chi connectivity index (χ4v) is 3.76. The smallest absolute Gasteiger partial charge is 0.338 e. The third kappa shape index (κ3) is 6.69. The van der Waals surface area contributed by atoms with Gasteiger partial charge in [0.1, 0.15) is 0 Å². The molecule has 0 radical (unpaired) electrons. The highest BCUT2D eigenvalue weighted by Crippen LogP contribution is 2.16. The minimum absolute atomic E-state index is 0.0466. The lowest BCUT2D eigenvalue weighted by atomic mass is 10.1. The first-order chi connectivity index (χ1) is 13.7. The summed E-state index contributed by atoms with van der Waals surface area (Å²) < 4.78 is 32.0. The maximum absolute atomic E-state index is 12.3. The van der Waals surface area contributed by atoms with E-state index in [2.05, 4.69) is 10.0 Å². The zero-order valence-electron chi connectivity index (χ0n) is 16.8. The van der Waals surface area contributed by atoms with Gasteiger partial charge in [0, 0.05) is 18.7 Å². The van der Waals surface area contributed by atoms with Crippen LogP contribution in [0.25, 0.3) is 0 Å². The summed E-state index contributed by atoms with van der Waals surface area (Å²) >= 11 is 0. The van der Waals surface area contributed by atoms with Crippen LogP contribution in [-0.2, 0) is 19.6 Å². The number of sulfonamides is 1. The SMILES string of the molecule is CCOC(=O)c1ccc(S(=O)(=O)NCCCC(=O)Nc2ccc(C)cc2C)cc1. The van der Waals surface area contributed by atoms with Gasteiger partial charge in [-0.25, -0.2) is 17.9 Å². The van der Waals surface area contributed by atoms with Crippen molar-refractivity contribution in [3.05, 3.63) is 59.2 Å². The summed E-state index contributed by atoms with van der Waals surface area (Å²) in [5.41, 5.74) is 3.13. The number of carbonyl (C=O) groups excluding carboxylic acids is 2. The number of esters is 1. The fraction of sp³-hybridized carbons (Fsp3) is 0.333. The Bertz CT molecular complexity index is 969. The van der Waals surface area contributed by atoms with Crippen LogP contribution in [-0.4, -0.2) is 33.4 Å². The molecule has 0 aliphatic heterocycles. The summed E-state index contributed by atoms with van der Waals surface area (Å²) in [4.78, 5) is 23.7. The molecule has 8 heteroatoms. The number of ether oxygens (including phenoxy) is 1. The van der Waals surface area contributed by atoms with Crippen molar-refractivity contribution < 1.29 is 22.7 Å². The summed E-state index contributed by atoms with van der Waals surface area (Å²) in [7, 11) is -3.72. The van der Waals surface area contributed by atoms with Crippen molar-refractivity contribution in [3.8, 4) is 0 Å². The van der Waals surface area contributed by atoms with Gasteiger partial charge in [0.2, 0.25) is 15.9 Å². The van der Waals surface area contributed by atoms with Crippen LogP contribution in [0.5, 0.6) is 0 Å². The van der Waals surface area contributed by atoms with E-state index >= 15 is 0 Å². The minimum atomic E-state index is -3.72. The molecule has 0 bridgehead atoms. The van der Waals surface area contributed by atoms with Crippen molar-refractivity contribution in [2.45, 2.75) is 38.5 Å². The molecule has 0 spiro atoms. The lowest BCUT2D eigenvalue weighted by Crippen LogP contribution is -2.26. The second-order valence-corrected chi connectivity index (χ2v) is 8.38. The average molecular weight is 419 g/mol. The first kappa shape index (κ1) is 22.6. The van der Waals surface area contributed by atoms with Gasteiger partial charge in [0.05, 0.1) is 17.1 Å². The van der Waals surface area contributed by atoms with Crippen molar-refractivity contribution in [3.63, 3.8) is 0 Å². The van der Waals surface area contributed by atoms with Gasteiger partial charge in [-0.15, -0.1) is 0 Å². The van der Waals surface area contributed by atoms with Gasteiger partial charge in [-0.2, -0.15) is 0 Å². The zero-order valence-corrected chi connectivity index (χ0v) is 17.6. The molecule has 0 atom stereocenters. The number of anilines is 1. The molecule has 0 heterocycles. The number of amides is 1.